The van der Waals surface area contributed by atoms with Crippen molar-refractivity contribution in [2.75, 3.05) is 32.9 Å². The Morgan fingerprint density at radius 1 is 0.767 bits per heavy atom. The van der Waals surface area contributed by atoms with Gasteiger partial charge in [-0.1, -0.05) is 36.8 Å². The first kappa shape index (κ1) is 34.1. The molecule has 0 saturated heterocycles. The third-order valence-corrected chi connectivity index (χ3v) is 5.98. The van der Waals surface area contributed by atoms with Gasteiger partial charge in [0.2, 0.25) is 29.5 Å². The van der Waals surface area contributed by atoms with Crippen LogP contribution in [0.1, 0.15) is 45.3 Å². The molecule has 1 aromatic rings. The number of amides is 7. The smallest absolute Gasteiger partial charge is 0.304 e. The molecule has 1 heterocycles. The first-order chi connectivity index (χ1) is 20.5. The average molecular weight is 611 g/mol. The van der Waals surface area contributed by atoms with Crippen molar-refractivity contribution in [1.82, 2.24) is 31.5 Å². The highest BCUT2D eigenvalue weighted by molar-refractivity contribution is 6.12. The molecule has 0 fully saturated rings. The predicted octanol–water partition coefficient (Wildman–Crippen LogP) is -0.585. The molecule has 1 aromatic carbocycles. The predicted molar refractivity (Wildman–Crippen MR) is 161 cm³/mol. The second kappa shape index (κ2) is 18.4. The topological polar surface area (TPSA) is 209 Å². The molecule has 15 heteroatoms. The van der Waals surface area contributed by atoms with Crippen molar-refractivity contribution in [2.24, 2.45) is 0 Å². The van der Waals surface area contributed by atoms with Crippen LogP contribution in [-0.2, 0) is 49.5 Å². The van der Waals surface area contributed by atoms with Crippen LogP contribution in [0, 0.1) is 0 Å². The highest BCUT2D eigenvalue weighted by atomic mass is 16.5. The van der Waals surface area contributed by atoms with Crippen LogP contribution in [-0.4, -0.2) is 91.2 Å². The molecule has 0 aromatic heterocycles. The first-order valence-electron chi connectivity index (χ1n) is 13.6. The Morgan fingerprint density at radius 2 is 1.37 bits per heavy atom. The molecule has 43 heavy (non-hydrogen) atoms. The van der Waals surface area contributed by atoms with Gasteiger partial charge in [-0.2, -0.15) is 0 Å². The third kappa shape index (κ3) is 13.9. The Morgan fingerprint density at radius 3 is 2.05 bits per heavy atom. The summed E-state index contributed by atoms with van der Waals surface area (Å²) in [6.07, 6.45) is 4.34. The Labute approximate surface area is 255 Å². The van der Waals surface area contributed by atoms with Crippen molar-refractivity contribution in [3.05, 3.63) is 48.0 Å². The lowest BCUT2D eigenvalue weighted by Gasteiger charge is -2.19. The van der Waals surface area contributed by atoms with Crippen LogP contribution < -0.4 is 26.6 Å². The van der Waals surface area contributed by atoms with Gasteiger partial charge in [0.15, 0.2) is 6.73 Å². The number of carbonyl (C=O) groups excluding carboxylic acids is 8. The Kier molecular flexibility index (Phi) is 14.6. The normalized spacial score (nSPS) is 12.7. The standard InChI is InChI=1S/C28H36N6O9.5H2/c1-19(35)43-18-32-24(38)16-31-28(42)21(14-20-8-4-2-5-9-20)33-25(39)17-30-23(37)15-29-22(36)10-6-3-7-13-34-26(40)11-12-27(34)41;;;;;/h2,4-5,8-9,11-12,21H,3,6-7,10,13-18H2,1H3,(H,29,36)(H,30,37)(H,31,42)(H,32,38)(H,33,39);5*1H/t21-;;;;;/m0...../s1. The van der Waals surface area contributed by atoms with Gasteiger partial charge < -0.3 is 31.3 Å². The van der Waals surface area contributed by atoms with Gasteiger partial charge in [0, 0.05) is 45.6 Å². The van der Waals surface area contributed by atoms with E-state index in [1.54, 1.807) is 30.3 Å². The lowest BCUT2D eigenvalue weighted by molar-refractivity contribution is -0.143. The van der Waals surface area contributed by atoms with E-state index in [4.69, 9.17) is 0 Å². The van der Waals surface area contributed by atoms with Gasteiger partial charge in [0.1, 0.15) is 6.04 Å². The number of imide groups is 1. The summed E-state index contributed by atoms with van der Waals surface area (Å²) in [6.45, 7) is -0.134. The quantitative estimate of drug-likeness (QED) is 0.0622. The molecule has 15 nitrogen and oxygen atoms in total. The average Bonchev–Trinajstić information content (AvgIpc) is 3.29. The van der Waals surface area contributed by atoms with Gasteiger partial charge in [-0.3, -0.25) is 43.3 Å². The minimum absolute atomic E-state index is 0. The summed E-state index contributed by atoms with van der Waals surface area (Å²) < 4.78 is 4.60. The van der Waals surface area contributed by atoms with E-state index in [0.29, 0.717) is 19.3 Å². The largest absolute Gasteiger partial charge is 0.445 e. The maximum absolute atomic E-state index is 12.7. The van der Waals surface area contributed by atoms with Gasteiger partial charge in [0.05, 0.1) is 19.6 Å². The van der Waals surface area contributed by atoms with E-state index in [-0.39, 0.29) is 57.5 Å². The van der Waals surface area contributed by atoms with Crippen LogP contribution in [0.15, 0.2) is 42.5 Å². The summed E-state index contributed by atoms with van der Waals surface area (Å²) in [6, 6.07) is 7.77. The van der Waals surface area contributed by atoms with Gasteiger partial charge in [0.25, 0.3) is 11.8 Å². The molecule has 0 unspecified atom stereocenters. The maximum atomic E-state index is 12.7. The molecule has 2 rings (SSSR count). The van der Waals surface area contributed by atoms with Gasteiger partial charge in [-0.25, -0.2) is 0 Å². The van der Waals surface area contributed by atoms with Crippen LogP contribution in [0.2, 0.25) is 0 Å². The molecule has 0 aliphatic carbocycles. The van der Waals surface area contributed by atoms with Crippen LogP contribution in [0.3, 0.4) is 0 Å². The SMILES string of the molecule is CC(=O)OCNC(=O)CNC(=O)[C@H](Cc1ccccc1)NC(=O)CNC(=O)CNC(=O)CCCCCN1C(=O)C=CC1=O.[HH].[HH].[HH].[HH].[HH]. The highest BCUT2D eigenvalue weighted by Crippen LogP contribution is 2.08. The number of hydrogen-bond acceptors (Lipinski definition) is 9. The van der Waals surface area contributed by atoms with Crippen molar-refractivity contribution in [3.8, 4) is 0 Å². The maximum Gasteiger partial charge on any atom is 0.304 e. The lowest BCUT2D eigenvalue weighted by atomic mass is 10.1. The minimum atomic E-state index is -1.06. The minimum Gasteiger partial charge on any atom is -0.445 e. The Hall–Kier alpha value is -5.08. The molecule has 5 N–H and O–H groups in total. The van der Waals surface area contributed by atoms with E-state index in [9.17, 15) is 38.4 Å². The summed E-state index contributed by atoms with van der Waals surface area (Å²) in [4.78, 5) is 96.2. The summed E-state index contributed by atoms with van der Waals surface area (Å²) in [5.41, 5.74) is 0.740. The third-order valence-electron chi connectivity index (χ3n) is 5.98. The van der Waals surface area contributed by atoms with Crippen molar-refractivity contribution >= 4 is 47.3 Å². The van der Waals surface area contributed by atoms with E-state index in [2.05, 4.69) is 31.3 Å². The molecule has 7 amide bonds. The van der Waals surface area contributed by atoms with E-state index in [1.807, 2.05) is 0 Å². The van der Waals surface area contributed by atoms with E-state index >= 15 is 0 Å². The van der Waals surface area contributed by atoms with Gasteiger partial charge in [-0.15, -0.1) is 0 Å². The summed E-state index contributed by atoms with van der Waals surface area (Å²) >= 11 is 0. The number of ether oxygens (including phenoxy) is 1. The van der Waals surface area contributed by atoms with Crippen LogP contribution in [0.5, 0.6) is 0 Å². The van der Waals surface area contributed by atoms with Crippen LogP contribution in [0.4, 0.5) is 0 Å². The molecule has 1 aliphatic rings. The molecule has 0 radical (unpaired) electrons. The Balaban J connectivity index is -0.00000194. The fourth-order valence-corrected chi connectivity index (χ4v) is 3.77. The second-order valence-electron chi connectivity index (χ2n) is 9.43. The van der Waals surface area contributed by atoms with Gasteiger partial charge >= 0.3 is 5.97 Å². The van der Waals surface area contributed by atoms with E-state index < -0.39 is 48.7 Å². The molecule has 1 aliphatic heterocycles. The molecule has 1 atom stereocenters. The van der Waals surface area contributed by atoms with Crippen molar-refractivity contribution in [3.63, 3.8) is 0 Å². The van der Waals surface area contributed by atoms with Crippen molar-refractivity contribution in [1.29, 1.82) is 0 Å². The fourth-order valence-electron chi connectivity index (χ4n) is 3.77. The number of benzene rings is 1. The monoisotopic (exact) mass is 610 g/mol. The number of rotatable bonds is 18. The number of unbranched alkanes of at least 4 members (excludes halogenated alkanes) is 2. The fraction of sp³-hybridized carbons (Fsp3) is 0.429. The van der Waals surface area contributed by atoms with E-state index in [0.717, 1.165) is 10.5 Å². The molecule has 242 valence electrons. The zero-order chi connectivity index (χ0) is 31.6. The first-order valence-corrected chi connectivity index (χ1v) is 13.6. The van der Waals surface area contributed by atoms with Crippen molar-refractivity contribution < 1.29 is 50.2 Å². The zero-order valence-electron chi connectivity index (χ0n) is 23.8. The number of nitrogens with one attached hydrogen (secondary N) is 5. The number of esters is 1. The molecule has 0 saturated carbocycles. The second-order valence-corrected chi connectivity index (χ2v) is 9.43. The summed E-state index contributed by atoms with van der Waals surface area (Å²) in [5, 5.41) is 12.1. The molecule has 0 spiro atoms. The zero-order valence-corrected chi connectivity index (χ0v) is 23.8. The molecule has 0 bridgehead atoms. The lowest BCUT2D eigenvalue weighted by Crippen LogP contribution is -2.52. The summed E-state index contributed by atoms with van der Waals surface area (Å²) in [7, 11) is 0. The Bertz CT molecular complexity index is 1220. The van der Waals surface area contributed by atoms with Crippen LogP contribution in [0.25, 0.3) is 0 Å². The molecular weight excluding hydrogens is 564 g/mol. The van der Waals surface area contributed by atoms with Gasteiger partial charge in [-0.05, 0) is 18.4 Å². The number of hydrogen-bond donors (Lipinski definition) is 5. The highest BCUT2D eigenvalue weighted by Gasteiger charge is 2.23. The van der Waals surface area contributed by atoms with Crippen LogP contribution >= 0.6 is 0 Å². The number of carbonyl (C=O) groups is 8. The summed E-state index contributed by atoms with van der Waals surface area (Å²) in [5.74, 6) is -4.19. The van der Waals surface area contributed by atoms with E-state index in [1.165, 1.54) is 19.1 Å². The van der Waals surface area contributed by atoms with Crippen molar-refractivity contribution in [2.45, 2.75) is 45.1 Å². The molecular formula is C28H46N6O9. The number of nitrogens with zero attached hydrogens (tertiary/aromatic N) is 1.